The average Bonchev–Trinajstić information content (AvgIpc) is 2.29. The largest absolute Gasteiger partial charge is 0.340 e. The summed E-state index contributed by atoms with van der Waals surface area (Å²) in [6.45, 7) is 2.04. The molecule has 2 rings (SSSR count). The first kappa shape index (κ1) is 11.1. The Morgan fingerprint density at radius 1 is 1.19 bits per heavy atom. The third-order valence-corrected chi connectivity index (χ3v) is 2.51. The van der Waals surface area contributed by atoms with Gasteiger partial charge in [0.05, 0.1) is 0 Å². The summed E-state index contributed by atoms with van der Waals surface area (Å²) >= 11 is 3.38. The molecule has 0 radical (unpaired) electrons. The smallest absolute Gasteiger partial charge is 0.135 e. The SMILES string of the molecule is CCc1nc(Br)cc(Nc2ccccc2)n1. The van der Waals surface area contributed by atoms with Gasteiger partial charge >= 0.3 is 0 Å². The maximum absolute atomic E-state index is 4.40. The van der Waals surface area contributed by atoms with E-state index in [0.29, 0.717) is 0 Å². The Bertz CT molecular complexity index is 471. The van der Waals surface area contributed by atoms with Crippen LogP contribution in [0.2, 0.25) is 0 Å². The molecule has 0 atom stereocenters. The van der Waals surface area contributed by atoms with E-state index in [4.69, 9.17) is 0 Å². The lowest BCUT2D eigenvalue weighted by Crippen LogP contribution is -1.99. The number of hydrogen-bond donors (Lipinski definition) is 1. The molecule has 3 nitrogen and oxygen atoms in total. The topological polar surface area (TPSA) is 37.8 Å². The predicted molar refractivity (Wildman–Crippen MR) is 68.8 cm³/mol. The minimum Gasteiger partial charge on any atom is -0.340 e. The number of aryl methyl sites for hydroxylation is 1. The summed E-state index contributed by atoms with van der Waals surface area (Å²) in [5.74, 6) is 1.64. The predicted octanol–water partition coefficient (Wildman–Crippen LogP) is 3.55. The van der Waals surface area contributed by atoms with Crippen LogP contribution in [0, 0.1) is 0 Å². The summed E-state index contributed by atoms with van der Waals surface area (Å²) in [6, 6.07) is 11.8. The van der Waals surface area contributed by atoms with Gasteiger partial charge in [0.2, 0.25) is 0 Å². The number of anilines is 2. The van der Waals surface area contributed by atoms with Gasteiger partial charge < -0.3 is 5.32 Å². The quantitative estimate of drug-likeness (QED) is 0.872. The highest BCUT2D eigenvalue weighted by Crippen LogP contribution is 2.17. The Labute approximate surface area is 103 Å². The highest BCUT2D eigenvalue weighted by atomic mass is 79.9. The van der Waals surface area contributed by atoms with Crippen molar-refractivity contribution in [2.24, 2.45) is 0 Å². The molecule has 0 saturated heterocycles. The van der Waals surface area contributed by atoms with Gasteiger partial charge in [0.15, 0.2) is 0 Å². The van der Waals surface area contributed by atoms with E-state index in [0.717, 1.165) is 28.4 Å². The van der Waals surface area contributed by atoms with Crippen LogP contribution >= 0.6 is 15.9 Å². The van der Waals surface area contributed by atoms with Crippen molar-refractivity contribution in [2.75, 3.05) is 5.32 Å². The molecule has 0 unspecified atom stereocenters. The van der Waals surface area contributed by atoms with Crippen LogP contribution in [0.25, 0.3) is 0 Å². The van der Waals surface area contributed by atoms with Gasteiger partial charge in [-0.15, -0.1) is 0 Å². The summed E-state index contributed by atoms with van der Waals surface area (Å²) in [5.41, 5.74) is 1.02. The monoisotopic (exact) mass is 277 g/mol. The maximum Gasteiger partial charge on any atom is 0.135 e. The van der Waals surface area contributed by atoms with Crippen molar-refractivity contribution >= 4 is 27.4 Å². The van der Waals surface area contributed by atoms with Gasteiger partial charge in [0, 0.05) is 18.2 Å². The van der Waals surface area contributed by atoms with Crippen LogP contribution < -0.4 is 5.32 Å². The molecule has 0 spiro atoms. The molecule has 2 aromatic rings. The molecule has 0 aliphatic rings. The molecule has 0 aliphatic carbocycles. The van der Waals surface area contributed by atoms with E-state index >= 15 is 0 Å². The third-order valence-electron chi connectivity index (χ3n) is 2.10. The van der Waals surface area contributed by atoms with E-state index in [2.05, 4.69) is 31.2 Å². The summed E-state index contributed by atoms with van der Waals surface area (Å²) < 4.78 is 0.804. The molecule has 0 saturated carbocycles. The number of para-hydroxylation sites is 1. The first-order chi connectivity index (χ1) is 7.78. The average molecular weight is 278 g/mol. The molecule has 0 amide bonds. The van der Waals surface area contributed by atoms with E-state index in [1.165, 1.54) is 0 Å². The Balaban J connectivity index is 2.24. The van der Waals surface area contributed by atoms with Crippen molar-refractivity contribution in [1.82, 2.24) is 9.97 Å². The van der Waals surface area contributed by atoms with E-state index < -0.39 is 0 Å². The van der Waals surface area contributed by atoms with Crippen molar-refractivity contribution in [3.63, 3.8) is 0 Å². The fourth-order valence-electron chi connectivity index (χ4n) is 1.36. The van der Waals surface area contributed by atoms with Crippen LogP contribution in [0.1, 0.15) is 12.7 Å². The summed E-state index contributed by atoms with van der Waals surface area (Å²) in [5, 5.41) is 3.24. The highest BCUT2D eigenvalue weighted by Gasteiger charge is 2.01. The fraction of sp³-hybridized carbons (Fsp3) is 0.167. The zero-order chi connectivity index (χ0) is 11.4. The van der Waals surface area contributed by atoms with Gasteiger partial charge in [-0.25, -0.2) is 9.97 Å². The lowest BCUT2D eigenvalue weighted by atomic mass is 10.3. The second-order valence-electron chi connectivity index (χ2n) is 3.34. The molecule has 0 aliphatic heterocycles. The number of rotatable bonds is 3. The number of halogens is 1. The van der Waals surface area contributed by atoms with Gasteiger partial charge in [0.25, 0.3) is 0 Å². The molecule has 16 heavy (non-hydrogen) atoms. The Morgan fingerprint density at radius 2 is 1.94 bits per heavy atom. The Morgan fingerprint density at radius 3 is 2.62 bits per heavy atom. The molecular weight excluding hydrogens is 266 g/mol. The lowest BCUT2D eigenvalue weighted by Gasteiger charge is -2.06. The van der Waals surface area contributed by atoms with Gasteiger partial charge in [0.1, 0.15) is 16.2 Å². The Kier molecular flexibility index (Phi) is 3.51. The van der Waals surface area contributed by atoms with Gasteiger partial charge in [-0.3, -0.25) is 0 Å². The van der Waals surface area contributed by atoms with E-state index in [-0.39, 0.29) is 0 Å². The number of nitrogens with zero attached hydrogens (tertiary/aromatic N) is 2. The molecule has 1 aromatic carbocycles. The lowest BCUT2D eigenvalue weighted by molar-refractivity contribution is 0.931. The van der Waals surface area contributed by atoms with E-state index in [9.17, 15) is 0 Å². The van der Waals surface area contributed by atoms with Crippen molar-refractivity contribution in [2.45, 2.75) is 13.3 Å². The van der Waals surface area contributed by atoms with Crippen molar-refractivity contribution in [3.05, 3.63) is 46.8 Å². The van der Waals surface area contributed by atoms with Crippen LogP contribution in [0.15, 0.2) is 41.0 Å². The fourth-order valence-corrected chi connectivity index (χ4v) is 1.78. The van der Waals surface area contributed by atoms with E-state index in [1.807, 2.05) is 43.3 Å². The number of hydrogen-bond acceptors (Lipinski definition) is 3. The number of benzene rings is 1. The molecule has 0 bridgehead atoms. The molecule has 4 heteroatoms. The molecule has 0 fully saturated rings. The number of nitrogens with one attached hydrogen (secondary N) is 1. The minimum absolute atomic E-state index is 0.804. The summed E-state index contributed by atoms with van der Waals surface area (Å²) in [7, 11) is 0. The highest BCUT2D eigenvalue weighted by molar-refractivity contribution is 9.10. The number of aromatic nitrogens is 2. The molecular formula is C12H12BrN3. The first-order valence-electron chi connectivity index (χ1n) is 5.13. The van der Waals surface area contributed by atoms with Crippen LogP contribution in [-0.2, 0) is 6.42 Å². The van der Waals surface area contributed by atoms with Crippen LogP contribution in [0.4, 0.5) is 11.5 Å². The molecule has 1 N–H and O–H groups in total. The van der Waals surface area contributed by atoms with Gasteiger partial charge in [-0.2, -0.15) is 0 Å². The summed E-state index contributed by atoms with van der Waals surface area (Å²) in [4.78, 5) is 8.65. The zero-order valence-corrected chi connectivity index (χ0v) is 10.5. The second kappa shape index (κ2) is 5.07. The van der Waals surface area contributed by atoms with E-state index in [1.54, 1.807) is 0 Å². The van der Waals surface area contributed by atoms with Gasteiger partial charge in [-0.05, 0) is 28.1 Å². The van der Waals surface area contributed by atoms with Crippen LogP contribution in [0.3, 0.4) is 0 Å². The normalized spacial score (nSPS) is 10.1. The zero-order valence-electron chi connectivity index (χ0n) is 8.94. The molecule has 1 heterocycles. The van der Waals surface area contributed by atoms with Gasteiger partial charge in [-0.1, -0.05) is 25.1 Å². The maximum atomic E-state index is 4.40. The van der Waals surface area contributed by atoms with Crippen LogP contribution in [0.5, 0.6) is 0 Å². The molecule has 82 valence electrons. The Hall–Kier alpha value is -1.42. The first-order valence-corrected chi connectivity index (χ1v) is 5.93. The van der Waals surface area contributed by atoms with Crippen LogP contribution in [-0.4, -0.2) is 9.97 Å². The second-order valence-corrected chi connectivity index (χ2v) is 4.15. The standard InChI is InChI=1S/C12H12BrN3/c1-2-11-15-10(13)8-12(16-11)14-9-6-4-3-5-7-9/h3-8H,2H2,1H3,(H,14,15,16). The summed E-state index contributed by atoms with van der Waals surface area (Å²) in [6.07, 6.45) is 0.822. The third kappa shape index (κ3) is 2.79. The van der Waals surface area contributed by atoms with Crippen molar-refractivity contribution < 1.29 is 0 Å². The molecule has 1 aromatic heterocycles. The van der Waals surface area contributed by atoms with Crippen molar-refractivity contribution in [1.29, 1.82) is 0 Å². The minimum atomic E-state index is 0.804. The van der Waals surface area contributed by atoms with Crippen molar-refractivity contribution in [3.8, 4) is 0 Å².